The van der Waals surface area contributed by atoms with Gasteiger partial charge in [-0.25, -0.2) is 9.97 Å². The van der Waals surface area contributed by atoms with Crippen LogP contribution in [0.4, 0.5) is 0 Å². The van der Waals surface area contributed by atoms with E-state index in [2.05, 4.69) is 15.3 Å². The molecule has 0 saturated carbocycles. The number of carbonyl (C=O) groups excluding carboxylic acids is 1. The molecule has 2 aromatic heterocycles. The maximum atomic E-state index is 12.5. The van der Waals surface area contributed by atoms with Crippen LogP contribution in [-0.2, 0) is 17.8 Å². The topological polar surface area (TPSA) is 76.9 Å². The molecule has 1 amide bonds. The van der Waals surface area contributed by atoms with E-state index in [9.17, 15) is 9.59 Å². The molecule has 3 aromatic rings. The molecule has 0 radical (unpaired) electrons. The third-order valence-corrected chi connectivity index (χ3v) is 4.06. The number of carbonyl (C=O) groups is 1. The van der Waals surface area contributed by atoms with Crippen LogP contribution in [-0.4, -0.2) is 27.0 Å². The number of aromatic nitrogens is 3. The van der Waals surface area contributed by atoms with Gasteiger partial charge >= 0.3 is 0 Å². The molecular formula is C19H20N4O2. The average molecular weight is 336 g/mol. The minimum absolute atomic E-state index is 0.0232. The van der Waals surface area contributed by atoms with E-state index >= 15 is 0 Å². The summed E-state index contributed by atoms with van der Waals surface area (Å²) in [6.07, 6.45) is 2.75. The van der Waals surface area contributed by atoms with Gasteiger partial charge in [0.25, 0.3) is 5.56 Å². The Hall–Kier alpha value is -3.02. The third-order valence-electron chi connectivity index (χ3n) is 4.06. The molecule has 0 aliphatic rings. The average Bonchev–Trinajstić information content (AvgIpc) is 2.63. The molecule has 0 saturated heterocycles. The predicted molar refractivity (Wildman–Crippen MR) is 96.3 cm³/mol. The van der Waals surface area contributed by atoms with Crippen LogP contribution in [0.5, 0.6) is 0 Å². The largest absolute Gasteiger partial charge is 0.354 e. The van der Waals surface area contributed by atoms with Gasteiger partial charge in [0.05, 0.1) is 5.39 Å². The lowest BCUT2D eigenvalue weighted by Gasteiger charge is -2.11. The zero-order valence-corrected chi connectivity index (χ0v) is 14.1. The summed E-state index contributed by atoms with van der Waals surface area (Å²) in [5.41, 5.74) is 1.46. The molecule has 0 fully saturated rings. The molecule has 0 spiro atoms. The van der Waals surface area contributed by atoms with E-state index in [1.165, 1.54) is 0 Å². The smallest absolute Gasteiger partial charge is 0.263 e. The van der Waals surface area contributed by atoms with Crippen LogP contribution < -0.4 is 10.9 Å². The molecular weight excluding hydrogens is 316 g/mol. The molecule has 6 heteroatoms. The van der Waals surface area contributed by atoms with E-state index in [-0.39, 0.29) is 11.5 Å². The first-order valence-electron chi connectivity index (χ1n) is 8.28. The maximum absolute atomic E-state index is 12.5. The Morgan fingerprint density at radius 1 is 1.16 bits per heavy atom. The van der Waals surface area contributed by atoms with Gasteiger partial charge in [-0.3, -0.25) is 14.2 Å². The van der Waals surface area contributed by atoms with Crippen LogP contribution in [0.1, 0.15) is 17.8 Å². The van der Waals surface area contributed by atoms with Gasteiger partial charge in [0, 0.05) is 25.7 Å². The highest BCUT2D eigenvalue weighted by molar-refractivity contribution is 5.76. The molecule has 0 bridgehead atoms. The van der Waals surface area contributed by atoms with E-state index in [4.69, 9.17) is 0 Å². The molecule has 3 rings (SSSR count). The summed E-state index contributed by atoms with van der Waals surface area (Å²) in [6, 6.07) is 13.3. The summed E-state index contributed by atoms with van der Waals surface area (Å²) < 4.78 is 1.57. The number of hydrogen-bond donors (Lipinski definition) is 1. The van der Waals surface area contributed by atoms with Crippen molar-refractivity contribution in [3.05, 3.63) is 70.4 Å². The predicted octanol–water partition coefficient (Wildman–Crippen LogP) is 1.85. The monoisotopic (exact) mass is 336 g/mol. The number of nitrogens with one attached hydrogen (secondary N) is 1. The molecule has 25 heavy (non-hydrogen) atoms. The first kappa shape index (κ1) is 16.8. The lowest BCUT2D eigenvalue weighted by molar-refractivity contribution is -0.121. The number of nitrogens with zero attached hydrogens (tertiary/aromatic N) is 3. The zero-order valence-electron chi connectivity index (χ0n) is 14.1. The Bertz CT molecular complexity index is 935. The number of aryl methyl sites for hydroxylation is 2. The highest BCUT2D eigenvalue weighted by atomic mass is 16.1. The summed E-state index contributed by atoms with van der Waals surface area (Å²) in [5, 5.41) is 3.35. The number of rotatable bonds is 6. The summed E-state index contributed by atoms with van der Waals surface area (Å²) in [6.45, 7) is 2.55. The number of benzene rings is 1. The SMILES string of the molecule is Cc1nc2ncccc2c(=O)n1CCNC(=O)CCc1ccccc1. The van der Waals surface area contributed by atoms with Crippen LogP contribution in [0, 0.1) is 6.92 Å². The standard InChI is InChI=1S/C19H20N4O2/c1-14-22-18-16(8-5-11-21-18)19(25)23(14)13-12-20-17(24)10-9-15-6-3-2-4-7-15/h2-8,11H,9-10,12-13H2,1H3,(H,20,24). The van der Waals surface area contributed by atoms with Gasteiger partial charge in [-0.05, 0) is 31.0 Å². The van der Waals surface area contributed by atoms with E-state index in [0.29, 0.717) is 42.8 Å². The van der Waals surface area contributed by atoms with Crippen LogP contribution >= 0.6 is 0 Å². The Kier molecular flexibility index (Phi) is 5.18. The normalized spacial score (nSPS) is 10.8. The molecule has 0 atom stereocenters. The summed E-state index contributed by atoms with van der Waals surface area (Å²) in [4.78, 5) is 32.9. The minimum Gasteiger partial charge on any atom is -0.354 e. The number of amides is 1. The van der Waals surface area contributed by atoms with Gasteiger partial charge in [-0.15, -0.1) is 0 Å². The van der Waals surface area contributed by atoms with E-state index < -0.39 is 0 Å². The van der Waals surface area contributed by atoms with Crippen LogP contribution in [0.15, 0.2) is 53.5 Å². The van der Waals surface area contributed by atoms with E-state index in [1.807, 2.05) is 30.3 Å². The highest BCUT2D eigenvalue weighted by Gasteiger charge is 2.09. The zero-order chi connectivity index (χ0) is 17.6. The van der Waals surface area contributed by atoms with Crippen molar-refractivity contribution in [3.63, 3.8) is 0 Å². The Morgan fingerprint density at radius 2 is 1.96 bits per heavy atom. The Balaban J connectivity index is 1.58. The number of fused-ring (bicyclic) bond motifs is 1. The fourth-order valence-corrected chi connectivity index (χ4v) is 2.72. The summed E-state index contributed by atoms with van der Waals surface area (Å²) in [5.74, 6) is 0.569. The lowest BCUT2D eigenvalue weighted by atomic mass is 10.1. The van der Waals surface area contributed by atoms with Crippen molar-refractivity contribution in [2.75, 3.05) is 6.54 Å². The molecule has 128 valence electrons. The Labute approximate surface area is 145 Å². The van der Waals surface area contributed by atoms with Gasteiger partial charge < -0.3 is 5.32 Å². The molecule has 0 aliphatic heterocycles. The van der Waals surface area contributed by atoms with Crippen molar-refractivity contribution in [2.45, 2.75) is 26.3 Å². The van der Waals surface area contributed by atoms with Crippen molar-refractivity contribution in [3.8, 4) is 0 Å². The first-order chi connectivity index (χ1) is 12.1. The van der Waals surface area contributed by atoms with Crippen molar-refractivity contribution < 1.29 is 4.79 Å². The van der Waals surface area contributed by atoms with Crippen LogP contribution in [0.2, 0.25) is 0 Å². The van der Waals surface area contributed by atoms with Crippen LogP contribution in [0.25, 0.3) is 11.0 Å². The van der Waals surface area contributed by atoms with Gasteiger partial charge in [0.15, 0.2) is 5.65 Å². The summed E-state index contributed by atoms with van der Waals surface area (Å²) in [7, 11) is 0. The molecule has 0 unspecified atom stereocenters. The number of hydrogen-bond acceptors (Lipinski definition) is 4. The molecule has 6 nitrogen and oxygen atoms in total. The summed E-state index contributed by atoms with van der Waals surface area (Å²) >= 11 is 0. The maximum Gasteiger partial charge on any atom is 0.263 e. The second-order valence-corrected chi connectivity index (χ2v) is 5.83. The highest BCUT2D eigenvalue weighted by Crippen LogP contribution is 2.04. The second-order valence-electron chi connectivity index (χ2n) is 5.83. The van der Waals surface area contributed by atoms with Crippen molar-refractivity contribution >= 4 is 16.9 Å². The Morgan fingerprint density at radius 3 is 2.76 bits per heavy atom. The molecule has 1 aromatic carbocycles. The minimum atomic E-state index is -0.130. The molecule has 1 N–H and O–H groups in total. The second kappa shape index (κ2) is 7.70. The lowest BCUT2D eigenvalue weighted by Crippen LogP contribution is -2.32. The molecule has 2 heterocycles. The van der Waals surface area contributed by atoms with Gasteiger partial charge in [0.1, 0.15) is 5.82 Å². The van der Waals surface area contributed by atoms with Gasteiger partial charge in [0.2, 0.25) is 5.91 Å². The van der Waals surface area contributed by atoms with Gasteiger partial charge in [-0.1, -0.05) is 30.3 Å². The molecule has 0 aliphatic carbocycles. The first-order valence-corrected chi connectivity index (χ1v) is 8.28. The van der Waals surface area contributed by atoms with Gasteiger partial charge in [-0.2, -0.15) is 0 Å². The van der Waals surface area contributed by atoms with Crippen molar-refractivity contribution in [2.24, 2.45) is 0 Å². The fraction of sp³-hybridized carbons (Fsp3) is 0.263. The quantitative estimate of drug-likeness (QED) is 0.745. The number of pyridine rings is 1. The fourth-order valence-electron chi connectivity index (χ4n) is 2.72. The van der Waals surface area contributed by atoms with Crippen LogP contribution in [0.3, 0.4) is 0 Å². The third kappa shape index (κ3) is 4.09. The van der Waals surface area contributed by atoms with E-state index in [1.54, 1.807) is 29.8 Å². The van der Waals surface area contributed by atoms with Crippen molar-refractivity contribution in [1.82, 2.24) is 19.9 Å². The van der Waals surface area contributed by atoms with E-state index in [0.717, 1.165) is 5.56 Å². The van der Waals surface area contributed by atoms with Crippen molar-refractivity contribution in [1.29, 1.82) is 0 Å².